The molecule has 1 rings (SSSR count). The molecule has 0 radical (unpaired) electrons. The van der Waals surface area contributed by atoms with Crippen molar-refractivity contribution in [2.24, 2.45) is 0 Å². The first-order valence-electron chi connectivity index (χ1n) is 5.08. The molecule has 14 heavy (non-hydrogen) atoms. The SMILES string of the molecule is CSCCC(=O)NC1(CCl)CCCC1. The zero-order valence-corrected chi connectivity index (χ0v) is 10.2. The zero-order chi connectivity index (χ0) is 10.4. The van der Waals surface area contributed by atoms with Gasteiger partial charge in [0.15, 0.2) is 0 Å². The van der Waals surface area contributed by atoms with Gasteiger partial charge in [0.05, 0.1) is 5.54 Å². The number of alkyl halides is 1. The third-order valence-corrected chi connectivity index (χ3v) is 3.88. The molecule has 0 aromatic carbocycles. The first-order valence-corrected chi connectivity index (χ1v) is 7.01. The fourth-order valence-electron chi connectivity index (χ4n) is 1.90. The van der Waals surface area contributed by atoms with Crippen LogP contribution >= 0.6 is 23.4 Å². The van der Waals surface area contributed by atoms with Gasteiger partial charge in [-0.25, -0.2) is 0 Å². The molecule has 1 amide bonds. The largest absolute Gasteiger partial charge is 0.349 e. The normalized spacial score (nSPS) is 19.6. The van der Waals surface area contributed by atoms with Crippen LogP contribution in [0.25, 0.3) is 0 Å². The molecular formula is C10H18ClNOS. The Bertz CT molecular complexity index is 193. The van der Waals surface area contributed by atoms with Crippen molar-refractivity contribution in [2.45, 2.75) is 37.6 Å². The number of nitrogens with one attached hydrogen (secondary N) is 1. The summed E-state index contributed by atoms with van der Waals surface area (Å²) in [5.74, 6) is 1.60. The highest BCUT2D eigenvalue weighted by Crippen LogP contribution is 2.30. The Morgan fingerprint density at radius 1 is 1.50 bits per heavy atom. The van der Waals surface area contributed by atoms with Crippen molar-refractivity contribution in [2.75, 3.05) is 17.9 Å². The fourth-order valence-corrected chi connectivity index (χ4v) is 2.62. The molecule has 0 saturated heterocycles. The number of carbonyl (C=O) groups is 1. The second-order valence-corrected chi connectivity index (χ2v) is 5.16. The van der Waals surface area contributed by atoms with E-state index < -0.39 is 0 Å². The van der Waals surface area contributed by atoms with Gasteiger partial charge in [-0.1, -0.05) is 12.8 Å². The van der Waals surface area contributed by atoms with E-state index in [1.54, 1.807) is 11.8 Å². The maximum atomic E-state index is 11.5. The maximum absolute atomic E-state index is 11.5. The molecule has 0 aromatic rings. The molecule has 82 valence electrons. The van der Waals surface area contributed by atoms with Gasteiger partial charge >= 0.3 is 0 Å². The Balaban J connectivity index is 2.36. The zero-order valence-electron chi connectivity index (χ0n) is 8.64. The molecule has 0 aromatic heterocycles. The molecule has 1 aliphatic carbocycles. The van der Waals surface area contributed by atoms with Crippen LogP contribution in [0.1, 0.15) is 32.1 Å². The van der Waals surface area contributed by atoms with Crippen LogP contribution in [0.2, 0.25) is 0 Å². The summed E-state index contributed by atoms with van der Waals surface area (Å²) in [6.45, 7) is 0. The summed E-state index contributed by atoms with van der Waals surface area (Å²) < 4.78 is 0. The van der Waals surface area contributed by atoms with E-state index in [1.165, 1.54) is 12.8 Å². The van der Waals surface area contributed by atoms with Crippen LogP contribution in [0.15, 0.2) is 0 Å². The molecule has 0 unspecified atom stereocenters. The van der Waals surface area contributed by atoms with Crippen LogP contribution in [-0.2, 0) is 4.79 Å². The van der Waals surface area contributed by atoms with Gasteiger partial charge in [0.2, 0.25) is 5.91 Å². The Hall–Kier alpha value is 0.110. The number of hydrogen-bond acceptors (Lipinski definition) is 2. The van der Waals surface area contributed by atoms with Gasteiger partial charge in [0.25, 0.3) is 0 Å². The van der Waals surface area contributed by atoms with Gasteiger partial charge in [0.1, 0.15) is 0 Å². The van der Waals surface area contributed by atoms with E-state index in [9.17, 15) is 4.79 Å². The average Bonchev–Trinajstić information content (AvgIpc) is 2.64. The van der Waals surface area contributed by atoms with Gasteiger partial charge < -0.3 is 5.32 Å². The third-order valence-electron chi connectivity index (χ3n) is 2.75. The molecule has 1 fully saturated rings. The molecule has 0 aliphatic heterocycles. The highest BCUT2D eigenvalue weighted by Gasteiger charge is 2.33. The van der Waals surface area contributed by atoms with Crippen LogP contribution < -0.4 is 5.32 Å². The topological polar surface area (TPSA) is 29.1 Å². The predicted molar refractivity (Wildman–Crippen MR) is 63.1 cm³/mol. The Labute approximate surface area is 95.2 Å². The third kappa shape index (κ3) is 3.35. The van der Waals surface area contributed by atoms with Crippen molar-refractivity contribution in [3.05, 3.63) is 0 Å². The van der Waals surface area contributed by atoms with Crippen molar-refractivity contribution >= 4 is 29.3 Å². The van der Waals surface area contributed by atoms with Crippen molar-refractivity contribution in [3.8, 4) is 0 Å². The first-order chi connectivity index (χ1) is 6.72. The minimum atomic E-state index is -0.0863. The van der Waals surface area contributed by atoms with Gasteiger partial charge in [-0.3, -0.25) is 4.79 Å². The van der Waals surface area contributed by atoms with Crippen LogP contribution in [0, 0.1) is 0 Å². The Morgan fingerprint density at radius 2 is 2.14 bits per heavy atom. The molecule has 0 bridgehead atoms. The number of amides is 1. The monoisotopic (exact) mass is 235 g/mol. The van der Waals surface area contributed by atoms with E-state index in [0.717, 1.165) is 18.6 Å². The number of hydrogen-bond donors (Lipinski definition) is 1. The summed E-state index contributed by atoms with van der Waals surface area (Å²) in [5, 5.41) is 3.09. The second kappa shape index (κ2) is 5.86. The van der Waals surface area contributed by atoms with Gasteiger partial charge in [-0.05, 0) is 19.1 Å². The Morgan fingerprint density at radius 3 is 2.64 bits per heavy atom. The quantitative estimate of drug-likeness (QED) is 0.742. The smallest absolute Gasteiger partial charge is 0.221 e. The molecule has 2 nitrogen and oxygen atoms in total. The molecule has 0 heterocycles. The predicted octanol–water partition coefficient (Wildman–Crippen LogP) is 2.41. The van der Waals surface area contributed by atoms with Crippen molar-refractivity contribution in [1.82, 2.24) is 5.32 Å². The van der Waals surface area contributed by atoms with E-state index in [-0.39, 0.29) is 11.4 Å². The van der Waals surface area contributed by atoms with Gasteiger partial charge in [0, 0.05) is 18.1 Å². The molecular weight excluding hydrogens is 218 g/mol. The maximum Gasteiger partial charge on any atom is 0.221 e. The minimum Gasteiger partial charge on any atom is -0.349 e. The van der Waals surface area contributed by atoms with E-state index in [4.69, 9.17) is 11.6 Å². The van der Waals surface area contributed by atoms with E-state index >= 15 is 0 Å². The van der Waals surface area contributed by atoms with Gasteiger partial charge in [-0.15, -0.1) is 11.6 Å². The number of rotatable bonds is 5. The fraction of sp³-hybridized carbons (Fsp3) is 0.900. The van der Waals surface area contributed by atoms with Crippen LogP contribution in [0.3, 0.4) is 0 Å². The van der Waals surface area contributed by atoms with Crippen LogP contribution in [0.4, 0.5) is 0 Å². The molecule has 1 saturated carbocycles. The van der Waals surface area contributed by atoms with Crippen molar-refractivity contribution in [1.29, 1.82) is 0 Å². The lowest BCUT2D eigenvalue weighted by atomic mass is 10.0. The molecule has 0 atom stereocenters. The number of carbonyl (C=O) groups excluding carboxylic acids is 1. The number of thioether (sulfide) groups is 1. The van der Waals surface area contributed by atoms with E-state index in [1.807, 2.05) is 6.26 Å². The first kappa shape index (κ1) is 12.2. The summed E-state index contributed by atoms with van der Waals surface area (Å²) >= 11 is 7.62. The Kier molecular flexibility index (Phi) is 5.10. The van der Waals surface area contributed by atoms with Gasteiger partial charge in [-0.2, -0.15) is 11.8 Å². The summed E-state index contributed by atoms with van der Waals surface area (Å²) in [4.78, 5) is 11.5. The van der Waals surface area contributed by atoms with E-state index in [0.29, 0.717) is 12.3 Å². The van der Waals surface area contributed by atoms with Crippen molar-refractivity contribution < 1.29 is 4.79 Å². The summed E-state index contributed by atoms with van der Waals surface area (Å²) in [6.07, 6.45) is 7.09. The summed E-state index contributed by atoms with van der Waals surface area (Å²) in [7, 11) is 0. The molecule has 0 spiro atoms. The minimum absolute atomic E-state index is 0.0863. The van der Waals surface area contributed by atoms with E-state index in [2.05, 4.69) is 5.32 Å². The number of halogens is 1. The molecule has 1 N–H and O–H groups in total. The highest BCUT2D eigenvalue weighted by molar-refractivity contribution is 7.98. The standard InChI is InChI=1S/C10H18ClNOS/c1-14-7-4-9(13)12-10(8-11)5-2-3-6-10/h2-8H2,1H3,(H,12,13). The highest BCUT2D eigenvalue weighted by atomic mass is 35.5. The molecule has 4 heteroatoms. The lowest BCUT2D eigenvalue weighted by molar-refractivity contribution is -0.122. The second-order valence-electron chi connectivity index (χ2n) is 3.91. The summed E-state index contributed by atoms with van der Waals surface area (Å²) in [6, 6.07) is 0. The lowest BCUT2D eigenvalue weighted by Crippen LogP contribution is -2.47. The summed E-state index contributed by atoms with van der Waals surface area (Å²) in [5.41, 5.74) is -0.0863. The van der Waals surface area contributed by atoms with Crippen molar-refractivity contribution in [3.63, 3.8) is 0 Å². The lowest BCUT2D eigenvalue weighted by Gasteiger charge is -2.27. The molecule has 1 aliphatic rings. The van der Waals surface area contributed by atoms with Crippen LogP contribution in [0.5, 0.6) is 0 Å². The van der Waals surface area contributed by atoms with Crippen LogP contribution in [-0.4, -0.2) is 29.3 Å². The average molecular weight is 236 g/mol.